The van der Waals surface area contributed by atoms with Crippen LogP contribution in [0.4, 0.5) is 4.79 Å². The minimum atomic E-state index is -0.286. The van der Waals surface area contributed by atoms with E-state index in [1.807, 2.05) is 0 Å². The van der Waals surface area contributed by atoms with E-state index in [2.05, 4.69) is 11.7 Å². The summed E-state index contributed by atoms with van der Waals surface area (Å²) < 4.78 is 9.63. The van der Waals surface area contributed by atoms with Gasteiger partial charge >= 0.3 is 12.1 Å². The van der Waals surface area contributed by atoms with Crippen molar-refractivity contribution in [1.29, 1.82) is 0 Å². The fourth-order valence-electron chi connectivity index (χ4n) is 2.23. The Balaban J connectivity index is 2.42. The number of likely N-dealkylation sites (tertiary alicyclic amines) is 1. The summed E-state index contributed by atoms with van der Waals surface area (Å²) >= 11 is 0. The predicted octanol–water partition coefficient (Wildman–Crippen LogP) is 1.66. The van der Waals surface area contributed by atoms with E-state index in [1.54, 1.807) is 11.8 Å². The maximum absolute atomic E-state index is 11.4. The topological polar surface area (TPSA) is 55.8 Å². The highest BCUT2D eigenvalue weighted by Gasteiger charge is 2.30. The maximum Gasteiger partial charge on any atom is 0.409 e. The van der Waals surface area contributed by atoms with Crippen LogP contribution in [0.2, 0.25) is 0 Å². The molecule has 17 heavy (non-hydrogen) atoms. The van der Waals surface area contributed by atoms with Crippen molar-refractivity contribution in [3.8, 4) is 0 Å². The molecule has 1 fully saturated rings. The Labute approximate surface area is 102 Å². The van der Waals surface area contributed by atoms with Gasteiger partial charge in [-0.1, -0.05) is 6.92 Å². The van der Waals surface area contributed by atoms with Crippen LogP contribution in [0, 0.1) is 11.8 Å². The van der Waals surface area contributed by atoms with Crippen molar-refractivity contribution >= 4 is 12.1 Å². The molecule has 0 spiro atoms. The summed E-state index contributed by atoms with van der Waals surface area (Å²) in [5, 5.41) is 0. The van der Waals surface area contributed by atoms with Gasteiger partial charge in [-0.2, -0.15) is 0 Å². The molecule has 5 nitrogen and oxygen atoms in total. The van der Waals surface area contributed by atoms with Gasteiger partial charge in [0.25, 0.3) is 0 Å². The molecule has 0 bridgehead atoms. The Morgan fingerprint density at radius 2 is 2.12 bits per heavy atom. The van der Waals surface area contributed by atoms with Gasteiger partial charge in [-0.15, -0.1) is 0 Å². The van der Waals surface area contributed by atoms with Crippen molar-refractivity contribution in [3.05, 3.63) is 0 Å². The minimum absolute atomic E-state index is 0.143. The first-order chi connectivity index (χ1) is 8.08. The van der Waals surface area contributed by atoms with Crippen molar-refractivity contribution in [1.82, 2.24) is 4.90 Å². The third-order valence-corrected chi connectivity index (χ3v) is 3.25. The second-order valence-electron chi connectivity index (χ2n) is 4.45. The second kappa shape index (κ2) is 6.47. The summed E-state index contributed by atoms with van der Waals surface area (Å²) in [6.07, 6.45) is 0.991. The van der Waals surface area contributed by atoms with E-state index in [-0.39, 0.29) is 12.1 Å². The van der Waals surface area contributed by atoms with Crippen LogP contribution in [0.15, 0.2) is 0 Å². The van der Waals surface area contributed by atoms with Gasteiger partial charge in [-0.25, -0.2) is 4.79 Å². The molecule has 0 aromatic carbocycles. The summed E-state index contributed by atoms with van der Waals surface area (Å²) in [6, 6.07) is 0. The Morgan fingerprint density at radius 3 is 2.65 bits per heavy atom. The lowest BCUT2D eigenvalue weighted by atomic mass is 9.84. The maximum atomic E-state index is 11.4. The van der Waals surface area contributed by atoms with Crippen LogP contribution in [-0.2, 0) is 14.3 Å². The van der Waals surface area contributed by atoms with E-state index < -0.39 is 0 Å². The van der Waals surface area contributed by atoms with E-state index >= 15 is 0 Å². The first-order valence-electron chi connectivity index (χ1n) is 6.07. The van der Waals surface area contributed by atoms with Crippen molar-refractivity contribution in [2.75, 3.05) is 26.8 Å². The number of piperidine rings is 1. The van der Waals surface area contributed by atoms with Gasteiger partial charge in [0.15, 0.2) is 0 Å². The average molecular weight is 243 g/mol. The Hall–Kier alpha value is -1.26. The van der Waals surface area contributed by atoms with Gasteiger partial charge in [0.05, 0.1) is 13.7 Å². The number of hydrogen-bond donors (Lipinski definition) is 0. The Morgan fingerprint density at radius 1 is 1.41 bits per heavy atom. The molecule has 1 aliphatic heterocycles. The van der Waals surface area contributed by atoms with Crippen LogP contribution in [0.3, 0.4) is 0 Å². The molecule has 1 saturated heterocycles. The second-order valence-corrected chi connectivity index (χ2v) is 4.45. The van der Waals surface area contributed by atoms with Crippen LogP contribution >= 0.6 is 0 Å². The summed E-state index contributed by atoms with van der Waals surface area (Å²) in [6.45, 7) is 5.59. The number of esters is 1. The molecule has 98 valence electrons. The van der Waals surface area contributed by atoms with Gasteiger partial charge in [0.2, 0.25) is 0 Å². The summed E-state index contributed by atoms with van der Waals surface area (Å²) in [5.74, 6) is 0.457. The molecule has 1 aliphatic rings. The molecule has 1 amide bonds. The van der Waals surface area contributed by atoms with E-state index in [0.717, 1.165) is 6.42 Å². The van der Waals surface area contributed by atoms with Gasteiger partial charge in [-0.05, 0) is 25.2 Å². The van der Waals surface area contributed by atoms with Crippen LogP contribution in [0.1, 0.15) is 26.7 Å². The largest absolute Gasteiger partial charge is 0.466 e. The third-order valence-electron chi connectivity index (χ3n) is 3.25. The number of methoxy groups -OCH3 is 1. The summed E-state index contributed by atoms with van der Waals surface area (Å²) in [7, 11) is 1.39. The predicted molar refractivity (Wildman–Crippen MR) is 62.5 cm³/mol. The van der Waals surface area contributed by atoms with E-state index in [0.29, 0.717) is 38.0 Å². The van der Waals surface area contributed by atoms with Crippen molar-refractivity contribution < 1.29 is 19.1 Å². The van der Waals surface area contributed by atoms with Crippen molar-refractivity contribution in [3.63, 3.8) is 0 Å². The lowest BCUT2D eigenvalue weighted by Gasteiger charge is -2.35. The van der Waals surface area contributed by atoms with Gasteiger partial charge < -0.3 is 14.4 Å². The number of ether oxygens (including phenoxy) is 2. The molecule has 0 aromatic rings. The zero-order valence-electron chi connectivity index (χ0n) is 10.8. The standard InChI is InChI=1S/C12H21NO4/c1-4-17-11(14)7-10-5-6-13(8-9(10)2)12(15)16-3/h9-10H,4-8H2,1-3H3/t9-,10-/m1/s1. The molecule has 0 unspecified atom stereocenters. The molecule has 5 heteroatoms. The van der Waals surface area contributed by atoms with Crippen molar-refractivity contribution in [2.24, 2.45) is 11.8 Å². The zero-order valence-corrected chi connectivity index (χ0v) is 10.8. The van der Waals surface area contributed by atoms with Crippen molar-refractivity contribution in [2.45, 2.75) is 26.7 Å². The summed E-state index contributed by atoms with van der Waals surface area (Å²) in [5.41, 5.74) is 0. The lowest BCUT2D eigenvalue weighted by molar-refractivity contribution is -0.145. The Kier molecular flexibility index (Phi) is 5.25. The molecule has 0 saturated carbocycles. The molecule has 1 rings (SSSR count). The molecule has 1 heterocycles. The number of rotatable bonds is 3. The molecule has 0 aliphatic carbocycles. The van der Waals surface area contributed by atoms with Gasteiger partial charge in [-0.3, -0.25) is 4.79 Å². The first-order valence-corrected chi connectivity index (χ1v) is 6.07. The highest BCUT2D eigenvalue weighted by atomic mass is 16.5. The first kappa shape index (κ1) is 13.8. The quantitative estimate of drug-likeness (QED) is 0.707. The number of carbonyl (C=O) groups excluding carboxylic acids is 2. The summed E-state index contributed by atoms with van der Waals surface area (Å²) in [4.78, 5) is 24.4. The number of hydrogen-bond acceptors (Lipinski definition) is 4. The molecule has 2 atom stereocenters. The average Bonchev–Trinajstić information content (AvgIpc) is 2.31. The van der Waals surface area contributed by atoms with E-state index in [1.165, 1.54) is 7.11 Å². The smallest absolute Gasteiger partial charge is 0.409 e. The highest BCUT2D eigenvalue weighted by Crippen LogP contribution is 2.26. The van der Waals surface area contributed by atoms with Crippen LogP contribution in [-0.4, -0.2) is 43.8 Å². The van der Waals surface area contributed by atoms with E-state index in [4.69, 9.17) is 4.74 Å². The molecular formula is C12H21NO4. The molecular weight excluding hydrogens is 222 g/mol. The number of nitrogens with zero attached hydrogens (tertiary/aromatic N) is 1. The minimum Gasteiger partial charge on any atom is -0.466 e. The number of carbonyl (C=O) groups is 2. The van der Waals surface area contributed by atoms with Crippen LogP contribution in [0.25, 0.3) is 0 Å². The normalized spacial score (nSPS) is 24.3. The highest BCUT2D eigenvalue weighted by molar-refractivity contribution is 5.70. The third kappa shape index (κ3) is 3.91. The Bertz CT molecular complexity index is 280. The SMILES string of the molecule is CCOC(=O)C[C@H]1CCN(C(=O)OC)C[C@H]1C. The van der Waals surface area contributed by atoms with Gasteiger partial charge in [0.1, 0.15) is 0 Å². The molecule has 0 radical (unpaired) electrons. The fourth-order valence-corrected chi connectivity index (χ4v) is 2.23. The fraction of sp³-hybridized carbons (Fsp3) is 0.833. The van der Waals surface area contributed by atoms with E-state index in [9.17, 15) is 9.59 Å². The number of amides is 1. The lowest BCUT2D eigenvalue weighted by Crippen LogP contribution is -2.43. The molecule has 0 N–H and O–H groups in total. The van der Waals surface area contributed by atoms with Crippen LogP contribution < -0.4 is 0 Å². The monoisotopic (exact) mass is 243 g/mol. The van der Waals surface area contributed by atoms with Gasteiger partial charge in [0, 0.05) is 19.5 Å². The zero-order chi connectivity index (χ0) is 12.8. The molecule has 0 aromatic heterocycles. The van der Waals surface area contributed by atoms with Crippen LogP contribution in [0.5, 0.6) is 0 Å².